The molecule has 0 saturated heterocycles. The molecule has 20 heavy (non-hydrogen) atoms. The molecule has 102 valence electrons. The Morgan fingerprint density at radius 1 is 0.950 bits per heavy atom. The van der Waals surface area contributed by atoms with Crippen molar-refractivity contribution in [3.05, 3.63) is 54.9 Å². The first-order valence-electron chi connectivity index (χ1n) is 5.37. The summed E-state index contributed by atoms with van der Waals surface area (Å²) in [6, 6.07) is 5.47. The van der Waals surface area contributed by atoms with E-state index in [9.17, 15) is 8.78 Å². The lowest BCUT2D eigenvalue weighted by Gasteiger charge is -1.95. The third kappa shape index (κ3) is 3.77. The van der Waals surface area contributed by atoms with Gasteiger partial charge in [-0.05, 0) is 34.7 Å². The van der Waals surface area contributed by atoms with Crippen molar-refractivity contribution in [2.75, 3.05) is 5.73 Å². The summed E-state index contributed by atoms with van der Waals surface area (Å²) in [5, 5.41) is 10.5. The van der Waals surface area contributed by atoms with E-state index in [1.807, 2.05) is 0 Å². The number of nitrogens with zero attached hydrogens (tertiary/aromatic N) is 6. The van der Waals surface area contributed by atoms with Gasteiger partial charge >= 0.3 is 0 Å². The molecule has 9 heteroatoms. The Bertz CT molecular complexity index is 617. The molecule has 0 aliphatic heterocycles. The van der Waals surface area contributed by atoms with Gasteiger partial charge in [-0.15, -0.1) is 5.10 Å². The zero-order valence-corrected chi connectivity index (χ0v) is 10.1. The average Bonchev–Trinajstić information content (AvgIpc) is 2.98. The summed E-state index contributed by atoms with van der Waals surface area (Å²) in [4.78, 5) is 6.74. The van der Waals surface area contributed by atoms with Gasteiger partial charge in [0.1, 0.15) is 6.33 Å². The summed E-state index contributed by atoms with van der Waals surface area (Å²) < 4.78 is 25.7. The van der Waals surface area contributed by atoms with Gasteiger partial charge in [0, 0.05) is 0 Å². The molecule has 3 heterocycles. The largest absolute Gasteiger partial charge is 0.397 e. The molecule has 3 aromatic heterocycles. The summed E-state index contributed by atoms with van der Waals surface area (Å²) in [5.41, 5.74) is 6.30. The molecule has 0 fully saturated rings. The van der Waals surface area contributed by atoms with Crippen LogP contribution in [0.25, 0.3) is 5.69 Å². The van der Waals surface area contributed by atoms with Crippen LogP contribution in [0, 0.1) is 11.9 Å². The summed E-state index contributed by atoms with van der Waals surface area (Å²) >= 11 is 0. The number of aromatic nitrogens is 6. The molecular weight excluding hydrogens is 268 g/mol. The van der Waals surface area contributed by atoms with E-state index in [0.29, 0.717) is 11.4 Å². The van der Waals surface area contributed by atoms with Crippen LogP contribution in [0.3, 0.4) is 0 Å². The van der Waals surface area contributed by atoms with Crippen LogP contribution in [0.15, 0.2) is 43.0 Å². The molecule has 3 rings (SSSR count). The minimum atomic E-state index is -0.521. The lowest BCUT2D eigenvalue weighted by Crippen LogP contribution is -1.96. The Morgan fingerprint density at radius 2 is 1.65 bits per heavy atom. The number of hydrogen-bond acceptors (Lipinski definition) is 6. The second kappa shape index (κ2) is 6.27. The molecule has 3 aromatic rings. The molecule has 0 atom stereocenters. The van der Waals surface area contributed by atoms with Gasteiger partial charge in [0.25, 0.3) is 0 Å². The molecule has 0 unspecified atom stereocenters. The summed E-state index contributed by atoms with van der Waals surface area (Å²) in [6.45, 7) is 0. The van der Waals surface area contributed by atoms with Gasteiger partial charge in [-0.2, -0.15) is 13.5 Å². The van der Waals surface area contributed by atoms with Crippen LogP contribution in [-0.4, -0.2) is 30.2 Å². The maximum Gasteiger partial charge on any atom is 0.212 e. The van der Waals surface area contributed by atoms with Gasteiger partial charge in [0.15, 0.2) is 0 Å². The van der Waals surface area contributed by atoms with Gasteiger partial charge in [-0.3, -0.25) is 0 Å². The molecule has 0 amide bonds. The van der Waals surface area contributed by atoms with Gasteiger partial charge in [0.05, 0.1) is 23.8 Å². The number of tetrazole rings is 1. The van der Waals surface area contributed by atoms with Crippen LogP contribution in [0.1, 0.15) is 0 Å². The maximum atomic E-state index is 12.4. The quantitative estimate of drug-likeness (QED) is 0.667. The van der Waals surface area contributed by atoms with Crippen molar-refractivity contribution in [3.63, 3.8) is 0 Å². The van der Waals surface area contributed by atoms with Crippen LogP contribution in [0.5, 0.6) is 0 Å². The van der Waals surface area contributed by atoms with E-state index >= 15 is 0 Å². The van der Waals surface area contributed by atoms with E-state index in [4.69, 9.17) is 5.73 Å². The highest BCUT2D eigenvalue weighted by Gasteiger charge is 1.97. The minimum absolute atomic E-state index is 0.478. The molecule has 7 nitrogen and oxygen atoms in total. The van der Waals surface area contributed by atoms with Crippen LogP contribution in [0.2, 0.25) is 0 Å². The first-order valence-corrected chi connectivity index (χ1v) is 5.37. The van der Waals surface area contributed by atoms with Gasteiger partial charge in [0.2, 0.25) is 11.9 Å². The predicted octanol–water partition coefficient (Wildman–Crippen LogP) is 0.999. The van der Waals surface area contributed by atoms with E-state index in [-0.39, 0.29) is 0 Å². The number of nitrogen functional groups attached to an aromatic ring is 1. The van der Waals surface area contributed by atoms with Crippen molar-refractivity contribution in [3.8, 4) is 5.69 Å². The van der Waals surface area contributed by atoms with Crippen molar-refractivity contribution < 1.29 is 8.78 Å². The highest BCUT2D eigenvalue weighted by atomic mass is 19.1. The fourth-order valence-electron chi connectivity index (χ4n) is 1.17. The van der Waals surface area contributed by atoms with Crippen LogP contribution in [0.4, 0.5) is 14.5 Å². The molecule has 2 N–H and O–H groups in total. The maximum absolute atomic E-state index is 12.4. The van der Waals surface area contributed by atoms with Crippen LogP contribution < -0.4 is 5.73 Å². The Labute approximate surface area is 112 Å². The Kier molecular flexibility index (Phi) is 4.22. The standard InChI is InChI=1S/C6H4FN5.C5H5FN2/c7-6-2-1-5(3-8-6)12-4-9-10-11-12;6-5-2-1-4(7)3-8-5/h1-4H;1-3H,7H2. The zero-order chi connectivity index (χ0) is 14.4. The number of pyridine rings is 2. The summed E-state index contributed by atoms with van der Waals surface area (Å²) in [5.74, 6) is -1.02. The second-order valence-corrected chi connectivity index (χ2v) is 3.51. The molecule has 0 aromatic carbocycles. The molecule has 0 spiro atoms. The minimum Gasteiger partial charge on any atom is -0.397 e. The molecule has 0 radical (unpaired) electrons. The molecule has 0 bridgehead atoms. The van der Waals surface area contributed by atoms with Crippen molar-refractivity contribution >= 4 is 5.69 Å². The lowest BCUT2D eigenvalue weighted by molar-refractivity contribution is 0.582. The summed E-state index contributed by atoms with van der Waals surface area (Å²) in [6.07, 6.45) is 4.04. The van der Waals surface area contributed by atoms with Gasteiger partial charge in [-0.1, -0.05) is 0 Å². The van der Waals surface area contributed by atoms with Crippen LogP contribution >= 0.6 is 0 Å². The van der Waals surface area contributed by atoms with E-state index < -0.39 is 11.9 Å². The third-order valence-electron chi connectivity index (χ3n) is 2.08. The summed E-state index contributed by atoms with van der Waals surface area (Å²) in [7, 11) is 0. The Morgan fingerprint density at radius 3 is 2.10 bits per heavy atom. The van der Waals surface area contributed by atoms with Crippen molar-refractivity contribution in [2.24, 2.45) is 0 Å². The fourth-order valence-corrected chi connectivity index (χ4v) is 1.17. The number of rotatable bonds is 1. The molecule has 0 aliphatic rings. The lowest BCUT2D eigenvalue weighted by atomic mass is 10.4. The number of anilines is 1. The first-order chi connectivity index (χ1) is 9.65. The molecule has 0 aliphatic carbocycles. The fraction of sp³-hybridized carbons (Fsp3) is 0. The van der Waals surface area contributed by atoms with Crippen LogP contribution in [-0.2, 0) is 0 Å². The van der Waals surface area contributed by atoms with Crippen molar-refractivity contribution in [1.82, 2.24) is 30.2 Å². The normalized spacial score (nSPS) is 9.70. The zero-order valence-electron chi connectivity index (χ0n) is 10.1. The molecule has 0 saturated carbocycles. The van der Waals surface area contributed by atoms with E-state index in [1.165, 1.54) is 41.6 Å². The smallest absolute Gasteiger partial charge is 0.212 e. The van der Waals surface area contributed by atoms with Gasteiger partial charge in [-0.25, -0.2) is 9.97 Å². The highest BCUT2D eigenvalue weighted by molar-refractivity contribution is 5.32. The van der Waals surface area contributed by atoms with Crippen molar-refractivity contribution in [1.29, 1.82) is 0 Å². The van der Waals surface area contributed by atoms with E-state index in [0.717, 1.165) is 0 Å². The SMILES string of the molecule is Fc1ccc(-n2cnnn2)cn1.Nc1ccc(F)nc1. The van der Waals surface area contributed by atoms with E-state index in [2.05, 4.69) is 25.5 Å². The monoisotopic (exact) mass is 277 g/mol. The molecular formula is C11H9F2N7. The Balaban J connectivity index is 0.000000160. The number of nitrogens with two attached hydrogens (primary N) is 1. The second-order valence-electron chi connectivity index (χ2n) is 3.51. The average molecular weight is 277 g/mol. The topological polar surface area (TPSA) is 95.4 Å². The first kappa shape index (κ1) is 13.5. The van der Waals surface area contributed by atoms with E-state index in [1.54, 1.807) is 6.07 Å². The number of halogens is 2. The number of hydrogen-bond donors (Lipinski definition) is 1. The van der Waals surface area contributed by atoms with Crippen molar-refractivity contribution in [2.45, 2.75) is 0 Å². The van der Waals surface area contributed by atoms with Gasteiger partial charge < -0.3 is 5.73 Å². The predicted molar refractivity (Wildman–Crippen MR) is 65.5 cm³/mol. The Hall–Kier alpha value is -2.97. The third-order valence-corrected chi connectivity index (χ3v) is 2.08. The highest BCUT2D eigenvalue weighted by Crippen LogP contribution is 2.02.